The summed E-state index contributed by atoms with van der Waals surface area (Å²) >= 11 is 11.8. The van der Waals surface area contributed by atoms with Gasteiger partial charge in [-0.15, -0.1) is 0 Å². The van der Waals surface area contributed by atoms with Gasteiger partial charge in [0.2, 0.25) is 5.91 Å². The Morgan fingerprint density at radius 2 is 1.88 bits per heavy atom. The van der Waals surface area contributed by atoms with Crippen LogP contribution in [0.2, 0.25) is 10.0 Å². The number of carbonyl (C=O) groups is 2. The second kappa shape index (κ2) is 9.34. The molecule has 0 bridgehead atoms. The van der Waals surface area contributed by atoms with Crippen LogP contribution >= 0.6 is 23.2 Å². The largest absolute Gasteiger partial charge is 0.373 e. The Kier molecular flexibility index (Phi) is 7.44. The monoisotopic (exact) mass is 384 g/mol. The van der Waals surface area contributed by atoms with Crippen LogP contribution in [0.4, 0.5) is 0 Å². The van der Waals surface area contributed by atoms with Crippen LogP contribution in [0.5, 0.6) is 0 Å². The van der Waals surface area contributed by atoms with Gasteiger partial charge in [0.15, 0.2) is 0 Å². The van der Waals surface area contributed by atoms with Gasteiger partial charge in [0.1, 0.15) is 6.23 Å². The van der Waals surface area contributed by atoms with E-state index < -0.39 is 12.1 Å². The highest BCUT2D eigenvalue weighted by molar-refractivity contribution is 6.42. The molecule has 1 heterocycles. The molecule has 1 saturated heterocycles. The summed E-state index contributed by atoms with van der Waals surface area (Å²) in [6.07, 6.45) is 4.45. The first-order chi connectivity index (χ1) is 11.9. The molecule has 0 aliphatic carbocycles. The SMILES string of the molecule is NCCCCCCC(O)N1C(=O)C/C(=C\c2ccc(Cl)c(Cl)c2)C1=O. The van der Waals surface area contributed by atoms with Crippen LogP contribution in [0.25, 0.3) is 6.08 Å². The zero-order valence-corrected chi connectivity index (χ0v) is 15.4. The molecule has 0 aromatic heterocycles. The van der Waals surface area contributed by atoms with E-state index in [0.29, 0.717) is 34.1 Å². The molecule has 5 nitrogen and oxygen atoms in total. The minimum Gasteiger partial charge on any atom is -0.373 e. The maximum atomic E-state index is 12.5. The number of imide groups is 1. The molecular formula is C18H22Cl2N2O3. The van der Waals surface area contributed by atoms with Gasteiger partial charge in [0.05, 0.1) is 16.5 Å². The maximum absolute atomic E-state index is 12.5. The lowest BCUT2D eigenvalue weighted by molar-refractivity contribution is -0.148. The summed E-state index contributed by atoms with van der Waals surface area (Å²) in [5, 5.41) is 11.0. The van der Waals surface area contributed by atoms with Crippen LogP contribution in [0.3, 0.4) is 0 Å². The molecular weight excluding hydrogens is 363 g/mol. The van der Waals surface area contributed by atoms with E-state index in [1.165, 1.54) is 0 Å². The fourth-order valence-corrected chi connectivity index (χ4v) is 3.07. The van der Waals surface area contributed by atoms with E-state index in [-0.39, 0.29) is 12.3 Å². The molecule has 136 valence electrons. The lowest BCUT2D eigenvalue weighted by Gasteiger charge is -2.20. The highest BCUT2D eigenvalue weighted by Crippen LogP contribution is 2.27. The molecule has 1 fully saturated rings. The number of rotatable bonds is 8. The van der Waals surface area contributed by atoms with E-state index in [1.54, 1.807) is 24.3 Å². The first-order valence-corrected chi connectivity index (χ1v) is 9.09. The highest BCUT2D eigenvalue weighted by Gasteiger charge is 2.37. The molecule has 1 unspecified atom stereocenters. The lowest BCUT2D eigenvalue weighted by Crippen LogP contribution is -2.39. The van der Waals surface area contributed by atoms with Gasteiger partial charge in [-0.1, -0.05) is 42.1 Å². The molecule has 0 radical (unpaired) electrons. The zero-order valence-electron chi connectivity index (χ0n) is 13.9. The second-order valence-corrected chi connectivity index (χ2v) is 6.88. The number of nitrogens with zero attached hydrogens (tertiary/aromatic N) is 1. The van der Waals surface area contributed by atoms with Crippen molar-refractivity contribution in [2.45, 2.75) is 44.8 Å². The van der Waals surface area contributed by atoms with Crippen LogP contribution in [0, 0.1) is 0 Å². The van der Waals surface area contributed by atoms with Crippen molar-refractivity contribution in [3.63, 3.8) is 0 Å². The van der Waals surface area contributed by atoms with Gasteiger partial charge < -0.3 is 10.8 Å². The van der Waals surface area contributed by atoms with Gasteiger partial charge in [-0.2, -0.15) is 0 Å². The molecule has 1 aromatic rings. The number of benzene rings is 1. The maximum Gasteiger partial charge on any atom is 0.259 e. The molecule has 1 aliphatic heterocycles. The molecule has 0 spiro atoms. The zero-order chi connectivity index (χ0) is 18.4. The van der Waals surface area contributed by atoms with Gasteiger partial charge in [-0.05, 0) is 49.6 Å². The summed E-state index contributed by atoms with van der Waals surface area (Å²) in [6.45, 7) is 0.647. The van der Waals surface area contributed by atoms with Crippen molar-refractivity contribution in [1.82, 2.24) is 4.90 Å². The highest BCUT2D eigenvalue weighted by atomic mass is 35.5. The smallest absolute Gasteiger partial charge is 0.259 e. The number of halogens is 2. The number of carbonyl (C=O) groups excluding carboxylic acids is 2. The van der Waals surface area contributed by atoms with Crippen LogP contribution in [0.1, 0.15) is 44.1 Å². The van der Waals surface area contributed by atoms with E-state index in [1.807, 2.05) is 0 Å². The lowest BCUT2D eigenvalue weighted by atomic mass is 10.1. The quantitative estimate of drug-likeness (QED) is 0.408. The van der Waals surface area contributed by atoms with E-state index in [2.05, 4.69) is 0 Å². The van der Waals surface area contributed by atoms with Crippen LogP contribution in [0.15, 0.2) is 23.8 Å². The number of likely N-dealkylation sites (tertiary alicyclic amines) is 1. The number of aliphatic hydroxyl groups is 1. The Balaban J connectivity index is 2.01. The van der Waals surface area contributed by atoms with Gasteiger partial charge in [-0.3, -0.25) is 14.5 Å². The Labute approximate surface area is 157 Å². The number of amides is 2. The van der Waals surface area contributed by atoms with Crippen molar-refractivity contribution >= 4 is 41.1 Å². The number of hydrogen-bond donors (Lipinski definition) is 2. The average molecular weight is 385 g/mol. The molecule has 3 N–H and O–H groups in total. The van der Waals surface area contributed by atoms with Crippen molar-refractivity contribution in [3.8, 4) is 0 Å². The first kappa shape index (κ1) is 19.9. The van der Waals surface area contributed by atoms with Crippen molar-refractivity contribution in [3.05, 3.63) is 39.4 Å². The van der Waals surface area contributed by atoms with Gasteiger partial charge in [0.25, 0.3) is 5.91 Å². The second-order valence-electron chi connectivity index (χ2n) is 6.06. The van der Waals surface area contributed by atoms with Crippen LogP contribution in [-0.4, -0.2) is 34.6 Å². The Bertz CT molecular complexity index is 676. The number of unbranched alkanes of at least 4 members (excludes halogenated alkanes) is 3. The third-order valence-corrected chi connectivity index (χ3v) is 4.84. The Morgan fingerprint density at radius 3 is 2.56 bits per heavy atom. The van der Waals surface area contributed by atoms with Crippen molar-refractivity contribution in [2.24, 2.45) is 5.73 Å². The topological polar surface area (TPSA) is 83.6 Å². The van der Waals surface area contributed by atoms with Gasteiger partial charge in [0, 0.05) is 5.57 Å². The van der Waals surface area contributed by atoms with E-state index in [4.69, 9.17) is 28.9 Å². The summed E-state index contributed by atoms with van der Waals surface area (Å²) < 4.78 is 0. The van der Waals surface area contributed by atoms with Crippen molar-refractivity contribution in [1.29, 1.82) is 0 Å². The third kappa shape index (κ3) is 5.28. The summed E-state index contributed by atoms with van der Waals surface area (Å²) in [7, 11) is 0. The molecule has 1 aromatic carbocycles. The van der Waals surface area contributed by atoms with Crippen molar-refractivity contribution in [2.75, 3.05) is 6.54 Å². The normalized spacial score (nSPS) is 17.6. The average Bonchev–Trinajstić information content (AvgIpc) is 2.84. The molecule has 2 amide bonds. The first-order valence-electron chi connectivity index (χ1n) is 8.34. The molecule has 7 heteroatoms. The Morgan fingerprint density at radius 1 is 1.16 bits per heavy atom. The van der Waals surface area contributed by atoms with E-state index >= 15 is 0 Å². The number of nitrogens with two attached hydrogens (primary N) is 1. The summed E-state index contributed by atoms with van der Waals surface area (Å²) in [5.74, 6) is -0.837. The fraction of sp³-hybridized carbons (Fsp3) is 0.444. The minimum absolute atomic E-state index is 0.0245. The van der Waals surface area contributed by atoms with Gasteiger partial charge >= 0.3 is 0 Å². The number of aliphatic hydroxyl groups excluding tert-OH is 1. The summed E-state index contributed by atoms with van der Waals surface area (Å²) in [6, 6.07) is 4.98. The summed E-state index contributed by atoms with van der Waals surface area (Å²) in [5.41, 5.74) is 6.46. The third-order valence-electron chi connectivity index (χ3n) is 4.10. The molecule has 1 atom stereocenters. The molecule has 1 aliphatic rings. The minimum atomic E-state index is -1.09. The molecule has 25 heavy (non-hydrogen) atoms. The number of hydrogen-bond acceptors (Lipinski definition) is 4. The fourth-order valence-electron chi connectivity index (χ4n) is 2.76. The Hall–Kier alpha value is -1.40. The van der Waals surface area contributed by atoms with E-state index in [9.17, 15) is 14.7 Å². The van der Waals surface area contributed by atoms with Crippen LogP contribution in [-0.2, 0) is 9.59 Å². The summed E-state index contributed by atoms with van der Waals surface area (Å²) in [4.78, 5) is 25.5. The van der Waals surface area contributed by atoms with E-state index in [0.717, 1.165) is 30.6 Å². The predicted octanol–water partition coefficient (Wildman–Crippen LogP) is 3.36. The van der Waals surface area contributed by atoms with Crippen LogP contribution < -0.4 is 5.73 Å². The standard InChI is InChI=1S/C18H22Cl2N2O3/c19-14-7-6-12(10-15(14)20)9-13-11-17(24)22(18(13)25)16(23)5-3-1-2-4-8-21/h6-7,9-10,16,23H,1-5,8,11,21H2/b13-9+. The predicted molar refractivity (Wildman–Crippen MR) is 99.1 cm³/mol. The van der Waals surface area contributed by atoms with Crippen molar-refractivity contribution < 1.29 is 14.7 Å². The molecule has 2 rings (SSSR count). The molecule has 0 saturated carbocycles. The van der Waals surface area contributed by atoms with Gasteiger partial charge in [-0.25, -0.2) is 0 Å².